The summed E-state index contributed by atoms with van der Waals surface area (Å²) in [6.45, 7) is -0.101. The van der Waals surface area contributed by atoms with Crippen LogP contribution in [0.1, 0.15) is 5.56 Å². The first-order valence-electron chi connectivity index (χ1n) is 7.96. The summed E-state index contributed by atoms with van der Waals surface area (Å²) in [5, 5.41) is 20.6. The van der Waals surface area contributed by atoms with Crippen molar-refractivity contribution in [2.45, 2.75) is 18.7 Å². The molecular formula is C18H15F2N5O. The highest BCUT2D eigenvalue weighted by molar-refractivity contribution is 5.77. The molecule has 132 valence electrons. The minimum atomic E-state index is -1.70. The summed E-state index contributed by atoms with van der Waals surface area (Å²) in [4.78, 5) is 3.84. The van der Waals surface area contributed by atoms with Crippen LogP contribution in [0.3, 0.4) is 0 Å². The maximum absolute atomic E-state index is 14.4. The molecule has 1 unspecified atom stereocenters. The Morgan fingerprint density at radius 3 is 2.58 bits per heavy atom. The van der Waals surface area contributed by atoms with Crippen molar-refractivity contribution in [1.29, 1.82) is 0 Å². The van der Waals surface area contributed by atoms with Crippen molar-refractivity contribution < 1.29 is 13.9 Å². The van der Waals surface area contributed by atoms with Gasteiger partial charge in [-0.15, -0.1) is 0 Å². The molecule has 0 aliphatic carbocycles. The van der Waals surface area contributed by atoms with Gasteiger partial charge in [-0.3, -0.25) is 4.68 Å². The number of aliphatic hydroxyl groups is 1. The third-order valence-corrected chi connectivity index (χ3v) is 4.21. The third-order valence-electron chi connectivity index (χ3n) is 4.21. The number of hydrogen-bond acceptors (Lipinski definition) is 4. The summed E-state index contributed by atoms with van der Waals surface area (Å²) in [5.41, 5.74) is -0.975. The van der Waals surface area contributed by atoms with E-state index in [9.17, 15) is 13.9 Å². The molecule has 6 nitrogen and oxygen atoms in total. The second-order valence-corrected chi connectivity index (χ2v) is 6.13. The Balaban J connectivity index is 1.76. The molecule has 0 aliphatic rings. The molecule has 1 atom stereocenters. The molecule has 8 heteroatoms. The molecular weight excluding hydrogens is 340 g/mol. The van der Waals surface area contributed by atoms with Crippen molar-refractivity contribution in [2.75, 3.05) is 0 Å². The van der Waals surface area contributed by atoms with Crippen molar-refractivity contribution in [1.82, 2.24) is 24.5 Å². The highest BCUT2D eigenvalue weighted by Gasteiger charge is 2.34. The van der Waals surface area contributed by atoms with E-state index < -0.39 is 17.2 Å². The molecule has 0 spiro atoms. The van der Waals surface area contributed by atoms with Gasteiger partial charge in [0.2, 0.25) is 0 Å². The predicted octanol–water partition coefficient (Wildman–Crippen LogP) is 2.49. The lowest BCUT2D eigenvalue weighted by Gasteiger charge is -2.28. The van der Waals surface area contributed by atoms with Gasteiger partial charge in [0.05, 0.1) is 18.6 Å². The number of halogens is 2. The number of fused-ring (bicyclic) bond motifs is 1. The van der Waals surface area contributed by atoms with Crippen LogP contribution < -0.4 is 0 Å². The van der Waals surface area contributed by atoms with E-state index in [1.807, 2.05) is 24.3 Å². The highest BCUT2D eigenvalue weighted by Crippen LogP contribution is 2.29. The fraction of sp³-hybridized carbons (Fsp3) is 0.167. The van der Waals surface area contributed by atoms with Crippen LogP contribution in [0.4, 0.5) is 8.78 Å². The minimum Gasteiger partial charge on any atom is -0.381 e. The lowest BCUT2D eigenvalue weighted by atomic mass is 9.93. The van der Waals surface area contributed by atoms with Gasteiger partial charge in [0.1, 0.15) is 29.9 Å². The van der Waals surface area contributed by atoms with Gasteiger partial charge >= 0.3 is 0 Å². The van der Waals surface area contributed by atoms with Gasteiger partial charge < -0.3 is 5.11 Å². The average molecular weight is 355 g/mol. The highest BCUT2D eigenvalue weighted by atomic mass is 19.1. The summed E-state index contributed by atoms with van der Waals surface area (Å²) in [5.74, 6) is -1.54. The molecule has 0 bridgehead atoms. The van der Waals surface area contributed by atoms with E-state index in [0.29, 0.717) is 0 Å². The number of rotatable bonds is 5. The molecule has 0 saturated heterocycles. The van der Waals surface area contributed by atoms with E-state index in [4.69, 9.17) is 0 Å². The van der Waals surface area contributed by atoms with Crippen LogP contribution in [0.25, 0.3) is 10.9 Å². The van der Waals surface area contributed by atoms with Crippen molar-refractivity contribution in [3.05, 3.63) is 78.5 Å². The van der Waals surface area contributed by atoms with E-state index in [2.05, 4.69) is 15.2 Å². The molecule has 0 amide bonds. The summed E-state index contributed by atoms with van der Waals surface area (Å²) >= 11 is 0. The molecule has 2 aromatic carbocycles. The van der Waals surface area contributed by atoms with Gasteiger partial charge in [-0.25, -0.2) is 18.4 Å². The predicted molar refractivity (Wildman–Crippen MR) is 90.0 cm³/mol. The molecule has 2 heterocycles. The van der Waals surface area contributed by atoms with Crippen LogP contribution in [0, 0.1) is 11.6 Å². The van der Waals surface area contributed by atoms with Crippen LogP contribution >= 0.6 is 0 Å². The van der Waals surface area contributed by atoms with E-state index in [0.717, 1.165) is 23.0 Å². The molecule has 4 aromatic rings. The van der Waals surface area contributed by atoms with Crippen LogP contribution in [-0.4, -0.2) is 29.7 Å². The van der Waals surface area contributed by atoms with Crippen molar-refractivity contribution >= 4 is 10.9 Å². The molecule has 0 fully saturated rings. The van der Waals surface area contributed by atoms with E-state index in [1.54, 1.807) is 10.9 Å². The quantitative estimate of drug-likeness (QED) is 0.597. The Hall–Kier alpha value is -3.13. The summed E-state index contributed by atoms with van der Waals surface area (Å²) in [7, 11) is 0. The number of hydrogen-bond donors (Lipinski definition) is 1. The maximum atomic E-state index is 14.4. The Bertz CT molecular complexity index is 1010. The smallest absolute Gasteiger partial charge is 0.137 e. The minimum absolute atomic E-state index is 0.0334. The molecule has 2 aromatic heterocycles. The van der Waals surface area contributed by atoms with Crippen molar-refractivity contribution in [2.24, 2.45) is 0 Å². The SMILES string of the molecule is OC(Cn1cncn1)(Cn1cc2ccccc2n1)c1ccc(F)cc1F. The zero-order valence-electron chi connectivity index (χ0n) is 13.6. The maximum Gasteiger partial charge on any atom is 0.137 e. The molecule has 1 N–H and O–H groups in total. The summed E-state index contributed by atoms with van der Waals surface area (Å²) < 4.78 is 30.7. The van der Waals surface area contributed by atoms with Gasteiger partial charge in [0, 0.05) is 23.2 Å². The average Bonchev–Trinajstić information content (AvgIpc) is 3.23. The zero-order valence-corrected chi connectivity index (χ0v) is 13.6. The molecule has 4 rings (SSSR count). The first-order chi connectivity index (χ1) is 12.5. The second-order valence-electron chi connectivity index (χ2n) is 6.13. The normalized spacial score (nSPS) is 13.8. The van der Waals surface area contributed by atoms with E-state index in [1.165, 1.54) is 23.4 Å². The Kier molecular flexibility index (Phi) is 3.96. The Morgan fingerprint density at radius 1 is 1.04 bits per heavy atom. The van der Waals surface area contributed by atoms with Crippen LogP contribution in [0.15, 0.2) is 61.3 Å². The Morgan fingerprint density at radius 2 is 1.85 bits per heavy atom. The fourth-order valence-corrected chi connectivity index (χ4v) is 3.03. The van der Waals surface area contributed by atoms with Gasteiger partial charge in [-0.2, -0.15) is 10.2 Å². The lowest BCUT2D eigenvalue weighted by Crippen LogP contribution is -2.37. The van der Waals surface area contributed by atoms with Crippen LogP contribution in [0.5, 0.6) is 0 Å². The number of benzene rings is 2. The fourth-order valence-electron chi connectivity index (χ4n) is 3.03. The van der Waals surface area contributed by atoms with Gasteiger partial charge in [-0.1, -0.05) is 24.3 Å². The molecule has 0 aliphatic heterocycles. The Labute approximate surface area is 147 Å². The first kappa shape index (κ1) is 16.3. The van der Waals surface area contributed by atoms with Crippen molar-refractivity contribution in [3.63, 3.8) is 0 Å². The zero-order chi connectivity index (χ0) is 18.1. The molecule has 26 heavy (non-hydrogen) atoms. The van der Waals surface area contributed by atoms with Crippen molar-refractivity contribution in [3.8, 4) is 0 Å². The van der Waals surface area contributed by atoms with Gasteiger partial charge in [0.15, 0.2) is 0 Å². The second kappa shape index (κ2) is 6.30. The molecule has 0 saturated carbocycles. The number of nitrogens with zero attached hydrogens (tertiary/aromatic N) is 5. The molecule has 0 radical (unpaired) electrons. The van der Waals surface area contributed by atoms with Crippen LogP contribution in [0.2, 0.25) is 0 Å². The first-order valence-corrected chi connectivity index (χ1v) is 7.96. The summed E-state index contributed by atoms with van der Waals surface area (Å²) in [6.07, 6.45) is 4.51. The van der Waals surface area contributed by atoms with Gasteiger partial charge in [-0.05, 0) is 12.1 Å². The van der Waals surface area contributed by atoms with Crippen LogP contribution in [-0.2, 0) is 18.7 Å². The lowest BCUT2D eigenvalue weighted by molar-refractivity contribution is -0.00828. The third kappa shape index (κ3) is 3.06. The van der Waals surface area contributed by atoms with E-state index >= 15 is 0 Å². The summed E-state index contributed by atoms with van der Waals surface area (Å²) in [6, 6.07) is 10.6. The van der Waals surface area contributed by atoms with E-state index in [-0.39, 0.29) is 18.7 Å². The standard InChI is InChI=1S/C18H15F2N5O/c19-14-5-6-15(16(20)7-14)18(26,10-25-12-21-11-22-25)9-24-8-13-3-1-2-4-17(13)23-24/h1-8,11-12,26H,9-10H2. The monoisotopic (exact) mass is 355 g/mol. The topological polar surface area (TPSA) is 68.8 Å². The van der Waals surface area contributed by atoms with Gasteiger partial charge in [0.25, 0.3) is 0 Å². The number of aromatic nitrogens is 5. The largest absolute Gasteiger partial charge is 0.381 e.